The molecule has 1 atom stereocenters. The molecule has 116 valence electrons. The van der Waals surface area contributed by atoms with E-state index in [1.54, 1.807) is 16.2 Å². The van der Waals surface area contributed by atoms with Crippen molar-refractivity contribution >= 4 is 34.8 Å². The molecule has 2 heterocycles. The van der Waals surface area contributed by atoms with Crippen LogP contribution in [0.5, 0.6) is 0 Å². The number of carboxylic acids is 1. The van der Waals surface area contributed by atoms with E-state index < -0.39 is 12.0 Å². The van der Waals surface area contributed by atoms with Crippen molar-refractivity contribution < 1.29 is 14.7 Å². The Balaban J connectivity index is 1.80. The van der Waals surface area contributed by atoms with Gasteiger partial charge >= 0.3 is 5.97 Å². The minimum absolute atomic E-state index is 0.281. The van der Waals surface area contributed by atoms with Gasteiger partial charge in [-0.2, -0.15) is 0 Å². The molecule has 1 fully saturated rings. The summed E-state index contributed by atoms with van der Waals surface area (Å²) in [6.45, 7) is 3.47. The molecular weight excluding hydrogens is 314 g/mol. The molecule has 0 bridgehead atoms. The smallest absolute Gasteiger partial charge is 0.305 e. The van der Waals surface area contributed by atoms with E-state index in [0.29, 0.717) is 13.1 Å². The highest BCUT2D eigenvalue weighted by atomic mass is 35.5. The maximum atomic E-state index is 12.0. The third-order valence-electron chi connectivity index (χ3n) is 3.40. The highest BCUT2D eigenvalue weighted by Crippen LogP contribution is 2.23. The van der Waals surface area contributed by atoms with E-state index in [4.69, 9.17) is 22.4 Å². The van der Waals surface area contributed by atoms with E-state index in [-0.39, 0.29) is 12.3 Å². The molecule has 1 aliphatic rings. The van der Waals surface area contributed by atoms with Gasteiger partial charge in [-0.05, 0) is 12.1 Å². The number of halogens is 1. The fraction of sp³-hybridized carbons (Fsp3) is 0.538. The van der Waals surface area contributed by atoms with Gasteiger partial charge in [-0.1, -0.05) is 11.6 Å². The van der Waals surface area contributed by atoms with Gasteiger partial charge in [0, 0.05) is 37.6 Å². The van der Waals surface area contributed by atoms with Crippen LogP contribution in [0.15, 0.2) is 12.1 Å². The van der Waals surface area contributed by atoms with E-state index in [1.165, 1.54) is 4.88 Å². The molecule has 0 spiro atoms. The van der Waals surface area contributed by atoms with Crippen LogP contribution in [0, 0.1) is 0 Å². The van der Waals surface area contributed by atoms with Crippen molar-refractivity contribution in [3.63, 3.8) is 0 Å². The second-order valence-electron chi connectivity index (χ2n) is 5.01. The molecule has 0 radical (unpaired) electrons. The first-order chi connectivity index (χ1) is 9.95. The number of piperazine rings is 1. The van der Waals surface area contributed by atoms with Gasteiger partial charge in [0.15, 0.2) is 0 Å². The third-order valence-corrected chi connectivity index (χ3v) is 4.62. The molecule has 1 amide bonds. The quantitative estimate of drug-likeness (QED) is 0.835. The number of carbonyl (C=O) groups is 2. The van der Waals surface area contributed by atoms with Crippen molar-refractivity contribution in [2.24, 2.45) is 5.73 Å². The number of carboxylic acid groups (broad SMARTS) is 1. The fourth-order valence-electron chi connectivity index (χ4n) is 2.29. The van der Waals surface area contributed by atoms with E-state index in [0.717, 1.165) is 24.0 Å². The van der Waals surface area contributed by atoms with Gasteiger partial charge in [0.2, 0.25) is 5.91 Å². The molecule has 0 aliphatic carbocycles. The summed E-state index contributed by atoms with van der Waals surface area (Å²) < 4.78 is 0.776. The Labute approximate surface area is 132 Å². The minimum atomic E-state index is -1.05. The molecular formula is C13H18ClN3O3S. The van der Waals surface area contributed by atoms with E-state index in [9.17, 15) is 9.59 Å². The topological polar surface area (TPSA) is 86.9 Å². The summed E-state index contributed by atoms with van der Waals surface area (Å²) in [7, 11) is 0. The Bertz CT molecular complexity index is 515. The lowest BCUT2D eigenvalue weighted by atomic mass is 10.1. The van der Waals surface area contributed by atoms with Crippen molar-refractivity contribution in [1.82, 2.24) is 9.80 Å². The number of carbonyl (C=O) groups excluding carboxylic acids is 1. The zero-order chi connectivity index (χ0) is 15.4. The molecule has 0 saturated carbocycles. The molecule has 1 aliphatic heterocycles. The number of thiophene rings is 1. The Morgan fingerprint density at radius 2 is 2.00 bits per heavy atom. The number of hydrogen-bond acceptors (Lipinski definition) is 5. The van der Waals surface area contributed by atoms with Crippen molar-refractivity contribution in [1.29, 1.82) is 0 Å². The standard InChI is InChI=1S/C13H18ClN3O3S/c14-11-2-1-9(21-11)8-16-3-5-17(6-4-16)13(20)10(15)7-12(18)19/h1-2,10H,3-8,15H2,(H,18,19). The average molecular weight is 332 g/mol. The molecule has 1 unspecified atom stereocenters. The number of rotatable bonds is 5. The Morgan fingerprint density at radius 3 is 2.52 bits per heavy atom. The first-order valence-electron chi connectivity index (χ1n) is 6.68. The van der Waals surface area contributed by atoms with Crippen molar-refractivity contribution in [3.05, 3.63) is 21.3 Å². The highest BCUT2D eigenvalue weighted by Gasteiger charge is 2.26. The molecule has 2 rings (SSSR count). The molecule has 1 aromatic heterocycles. The average Bonchev–Trinajstić information content (AvgIpc) is 2.83. The van der Waals surface area contributed by atoms with Gasteiger partial charge in [0.05, 0.1) is 16.8 Å². The van der Waals surface area contributed by atoms with Gasteiger partial charge < -0.3 is 15.7 Å². The van der Waals surface area contributed by atoms with Crippen LogP contribution in [0.4, 0.5) is 0 Å². The summed E-state index contributed by atoms with van der Waals surface area (Å²) in [6, 6.07) is 2.93. The predicted octanol–water partition coefficient (Wildman–Crippen LogP) is 0.848. The lowest BCUT2D eigenvalue weighted by Crippen LogP contribution is -2.53. The molecule has 3 N–H and O–H groups in total. The van der Waals surface area contributed by atoms with Crippen molar-refractivity contribution in [2.45, 2.75) is 19.0 Å². The van der Waals surface area contributed by atoms with Crippen LogP contribution >= 0.6 is 22.9 Å². The van der Waals surface area contributed by atoms with E-state index >= 15 is 0 Å². The highest BCUT2D eigenvalue weighted by molar-refractivity contribution is 7.16. The molecule has 8 heteroatoms. The monoisotopic (exact) mass is 331 g/mol. The summed E-state index contributed by atoms with van der Waals surface area (Å²) in [5, 5.41) is 8.67. The molecule has 0 aromatic carbocycles. The molecule has 1 saturated heterocycles. The van der Waals surface area contributed by atoms with Gasteiger partial charge in [-0.25, -0.2) is 0 Å². The van der Waals surface area contributed by atoms with Gasteiger partial charge in [-0.15, -0.1) is 11.3 Å². The minimum Gasteiger partial charge on any atom is -0.481 e. The van der Waals surface area contributed by atoms with Crippen molar-refractivity contribution in [3.8, 4) is 0 Å². The predicted molar refractivity (Wildman–Crippen MR) is 81.4 cm³/mol. The second kappa shape index (κ2) is 7.22. The lowest BCUT2D eigenvalue weighted by molar-refractivity contribution is -0.142. The summed E-state index contributed by atoms with van der Waals surface area (Å²) in [6.07, 6.45) is -0.327. The number of nitrogens with zero attached hydrogens (tertiary/aromatic N) is 2. The molecule has 1 aromatic rings. The van der Waals surface area contributed by atoms with Crippen molar-refractivity contribution in [2.75, 3.05) is 26.2 Å². The Hall–Kier alpha value is -1.15. The van der Waals surface area contributed by atoms with Gasteiger partial charge in [-0.3, -0.25) is 14.5 Å². The van der Waals surface area contributed by atoms with Crippen LogP contribution in [0.3, 0.4) is 0 Å². The van der Waals surface area contributed by atoms with Crippen LogP contribution in [0.25, 0.3) is 0 Å². The summed E-state index contributed by atoms with van der Waals surface area (Å²) in [5.41, 5.74) is 5.61. The number of amides is 1. The number of nitrogens with two attached hydrogens (primary N) is 1. The normalized spacial score (nSPS) is 17.7. The van der Waals surface area contributed by atoms with Crippen LogP contribution in [-0.4, -0.2) is 59.0 Å². The van der Waals surface area contributed by atoms with E-state index in [1.807, 2.05) is 12.1 Å². The second-order valence-corrected chi connectivity index (χ2v) is 6.81. The maximum Gasteiger partial charge on any atom is 0.305 e. The van der Waals surface area contributed by atoms with Gasteiger partial charge in [0.1, 0.15) is 0 Å². The molecule has 6 nitrogen and oxygen atoms in total. The van der Waals surface area contributed by atoms with Crippen LogP contribution in [-0.2, 0) is 16.1 Å². The van der Waals surface area contributed by atoms with Gasteiger partial charge in [0.25, 0.3) is 0 Å². The summed E-state index contributed by atoms with van der Waals surface area (Å²) >= 11 is 7.46. The maximum absolute atomic E-state index is 12.0. The Kier molecular flexibility index (Phi) is 5.58. The first-order valence-corrected chi connectivity index (χ1v) is 7.88. The largest absolute Gasteiger partial charge is 0.481 e. The lowest BCUT2D eigenvalue weighted by Gasteiger charge is -2.35. The first kappa shape index (κ1) is 16.2. The zero-order valence-electron chi connectivity index (χ0n) is 11.5. The third kappa shape index (κ3) is 4.67. The van der Waals surface area contributed by atoms with Crippen LogP contribution in [0.1, 0.15) is 11.3 Å². The number of aliphatic carboxylic acids is 1. The Morgan fingerprint density at radius 1 is 1.33 bits per heavy atom. The molecule has 21 heavy (non-hydrogen) atoms. The SMILES string of the molecule is NC(CC(=O)O)C(=O)N1CCN(Cc2ccc(Cl)s2)CC1. The number of hydrogen-bond donors (Lipinski definition) is 2. The summed E-state index contributed by atoms with van der Waals surface area (Å²) in [4.78, 5) is 27.7. The zero-order valence-corrected chi connectivity index (χ0v) is 13.1. The fourth-order valence-corrected chi connectivity index (χ4v) is 3.42. The van der Waals surface area contributed by atoms with E-state index in [2.05, 4.69) is 4.90 Å². The summed E-state index contributed by atoms with van der Waals surface area (Å²) in [5.74, 6) is -1.33. The van der Waals surface area contributed by atoms with Crippen LogP contribution in [0.2, 0.25) is 4.34 Å². The van der Waals surface area contributed by atoms with Crippen LogP contribution < -0.4 is 5.73 Å².